The average molecular weight is 329 g/mol. The molecule has 2 rings (SSSR count). The highest BCUT2D eigenvalue weighted by molar-refractivity contribution is 5.93. The molecule has 1 fully saturated rings. The number of amides is 3. The molecule has 1 aromatic rings. The lowest BCUT2D eigenvalue weighted by molar-refractivity contribution is -0.131. The Bertz CT molecular complexity index is 637. The number of primary amides is 1. The standard InChI is InChI=1S/C18H23N3O3/c1-13(22)20-15-8-5-14(6-9-15)7-10-18(24)21-11-3-2-4-16(21)12-17(19)23/h5-10,16H,2-4,11-12H2,1H3,(H2,19,23)(H,20,22)/b10-7+. The van der Waals surface area contributed by atoms with Gasteiger partial charge in [0.2, 0.25) is 17.7 Å². The fourth-order valence-corrected chi connectivity index (χ4v) is 2.88. The summed E-state index contributed by atoms with van der Waals surface area (Å²) < 4.78 is 0. The molecule has 3 N–H and O–H groups in total. The molecule has 3 amide bonds. The molecule has 24 heavy (non-hydrogen) atoms. The number of rotatable bonds is 5. The summed E-state index contributed by atoms with van der Waals surface area (Å²) in [5, 5.41) is 2.69. The molecule has 0 aliphatic carbocycles. The van der Waals surface area contributed by atoms with E-state index in [9.17, 15) is 14.4 Å². The molecular weight excluding hydrogens is 306 g/mol. The van der Waals surface area contributed by atoms with Gasteiger partial charge in [0.1, 0.15) is 0 Å². The molecule has 6 nitrogen and oxygen atoms in total. The summed E-state index contributed by atoms with van der Waals surface area (Å²) in [4.78, 5) is 36.3. The Morgan fingerprint density at radius 3 is 2.58 bits per heavy atom. The van der Waals surface area contributed by atoms with E-state index in [1.807, 2.05) is 12.1 Å². The molecule has 1 aliphatic rings. The topological polar surface area (TPSA) is 92.5 Å². The minimum Gasteiger partial charge on any atom is -0.370 e. The second-order valence-electron chi connectivity index (χ2n) is 5.99. The number of likely N-dealkylation sites (tertiary alicyclic amines) is 1. The van der Waals surface area contributed by atoms with Crippen LogP contribution in [0.1, 0.15) is 38.2 Å². The van der Waals surface area contributed by atoms with Gasteiger partial charge >= 0.3 is 0 Å². The third kappa shape index (κ3) is 5.22. The Morgan fingerprint density at radius 2 is 1.96 bits per heavy atom. The summed E-state index contributed by atoms with van der Waals surface area (Å²) in [5.41, 5.74) is 6.85. The lowest BCUT2D eigenvalue weighted by atomic mass is 9.99. The molecule has 1 aliphatic heterocycles. The number of carbonyl (C=O) groups is 3. The van der Waals surface area contributed by atoms with Crippen LogP contribution in [0.2, 0.25) is 0 Å². The number of hydrogen-bond acceptors (Lipinski definition) is 3. The molecule has 0 spiro atoms. The van der Waals surface area contributed by atoms with E-state index in [4.69, 9.17) is 5.73 Å². The zero-order chi connectivity index (χ0) is 17.5. The predicted molar refractivity (Wildman–Crippen MR) is 92.9 cm³/mol. The molecule has 1 atom stereocenters. The summed E-state index contributed by atoms with van der Waals surface area (Å²) in [5.74, 6) is -0.608. The third-order valence-electron chi connectivity index (χ3n) is 4.00. The minimum atomic E-state index is -0.378. The SMILES string of the molecule is CC(=O)Nc1ccc(/C=C/C(=O)N2CCCCC2CC(N)=O)cc1. The van der Waals surface area contributed by atoms with Gasteiger partial charge in [-0.3, -0.25) is 14.4 Å². The zero-order valence-electron chi connectivity index (χ0n) is 13.8. The summed E-state index contributed by atoms with van der Waals surface area (Å²) in [6.45, 7) is 2.11. The second kappa shape index (κ2) is 8.29. The maximum Gasteiger partial charge on any atom is 0.246 e. The van der Waals surface area contributed by atoms with E-state index in [2.05, 4.69) is 5.32 Å². The lowest BCUT2D eigenvalue weighted by Crippen LogP contribution is -2.44. The fraction of sp³-hybridized carbons (Fsp3) is 0.389. The van der Waals surface area contributed by atoms with Crippen LogP contribution >= 0.6 is 0 Å². The molecule has 128 valence electrons. The monoisotopic (exact) mass is 329 g/mol. The van der Waals surface area contributed by atoms with Crippen LogP contribution in [0.25, 0.3) is 6.08 Å². The molecule has 1 saturated heterocycles. The van der Waals surface area contributed by atoms with Crippen molar-refractivity contribution in [1.82, 2.24) is 4.90 Å². The summed E-state index contributed by atoms with van der Waals surface area (Å²) >= 11 is 0. The molecular formula is C18H23N3O3. The largest absolute Gasteiger partial charge is 0.370 e. The van der Waals surface area contributed by atoms with Gasteiger partial charge in [-0.2, -0.15) is 0 Å². The van der Waals surface area contributed by atoms with Gasteiger partial charge in [0.05, 0.1) is 0 Å². The van der Waals surface area contributed by atoms with Gasteiger partial charge in [0.25, 0.3) is 0 Å². The van der Waals surface area contributed by atoms with E-state index in [1.165, 1.54) is 13.0 Å². The van der Waals surface area contributed by atoms with Crippen LogP contribution in [0, 0.1) is 0 Å². The van der Waals surface area contributed by atoms with Crippen molar-refractivity contribution in [2.45, 2.75) is 38.6 Å². The van der Waals surface area contributed by atoms with Gasteiger partial charge in [0.15, 0.2) is 0 Å². The van der Waals surface area contributed by atoms with E-state index in [1.54, 1.807) is 23.1 Å². The Hall–Kier alpha value is -2.63. The number of anilines is 1. The highest BCUT2D eigenvalue weighted by Gasteiger charge is 2.26. The highest BCUT2D eigenvalue weighted by Crippen LogP contribution is 2.20. The van der Waals surface area contributed by atoms with E-state index < -0.39 is 0 Å². The number of nitrogens with one attached hydrogen (secondary N) is 1. The lowest BCUT2D eigenvalue weighted by Gasteiger charge is -2.34. The minimum absolute atomic E-state index is 0.101. The molecule has 1 unspecified atom stereocenters. The number of hydrogen-bond donors (Lipinski definition) is 2. The van der Waals surface area contributed by atoms with Crippen LogP contribution in [-0.4, -0.2) is 35.2 Å². The normalized spacial score (nSPS) is 17.7. The summed E-state index contributed by atoms with van der Waals surface area (Å²) in [7, 11) is 0. The van der Waals surface area contributed by atoms with Crippen molar-refractivity contribution < 1.29 is 14.4 Å². The van der Waals surface area contributed by atoms with Crippen LogP contribution in [0.5, 0.6) is 0 Å². The average Bonchev–Trinajstić information content (AvgIpc) is 2.53. The van der Waals surface area contributed by atoms with Crippen molar-refractivity contribution in [3.8, 4) is 0 Å². The third-order valence-corrected chi connectivity index (χ3v) is 4.00. The molecule has 6 heteroatoms. The predicted octanol–water partition coefficient (Wildman–Crippen LogP) is 1.91. The molecule has 1 aromatic carbocycles. The molecule has 0 aromatic heterocycles. The van der Waals surface area contributed by atoms with Crippen molar-refractivity contribution in [2.24, 2.45) is 5.73 Å². The molecule has 0 bridgehead atoms. The molecule has 0 radical (unpaired) electrons. The van der Waals surface area contributed by atoms with Crippen molar-refractivity contribution in [2.75, 3.05) is 11.9 Å². The second-order valence-corrected chi connectivity index (χ2v) is 5.99. The zero-order valence-corrected chi connectivity index (χ0v) is 13.8. The number of carbonyl (C=O) groups excluding carboxylic acids is 3. The van der Waals surface area contributed by atoms with E-state index in [0.717, 1.165) is 24.8 Å². The molecule has 1 heterocycles. The van der Waals surface area contributed by atoms with Crippen LogP contribution in [0.3, 0.4) is 0 Å². The first-order valence-electron chi connectivity index (χ1n) is 8.10. The Balaban J connectivity index is 2.00. The van der Waals surface area contributed by atoms with Gasteiger partial charge < -0.3 is 16.0 Å². The smallest absolute Gasteiger partial charge is 0.246 e. The van der Waals surface area contributed by atoms with Crippen LogP contribution < -0.4 is 11.1 Å². The van der Waals surface area contributed by atoms with Gasteiger partial charge in [-0.1, -0.05) is 12.1 Å². The molecule has 0 saturated carbocycles. The highest BCUT2D eigenvalue weighted by atomic mass is 16.2. The van der Waals surface area contributed by atoms with Crippen LogP contribution in [0.15, 0.2) is 30.3 Å². The van der Waals surface area contributed by atoms with Crippen LogP contribution in [0.4, 0.5) is 5.69 Å². The van der Waals surface area contributed by atoms with Crippen molar-refractivity contribution >= 4 is 29.5 Å². The van der Waals surface area contributed by atoms with Gasteiger partial charge in [-0.15, -0.1) is 0 Å². The van der Waals surface area contributed by atoms with Crippen molar-refractivity contribution in [3.63, 3.8) is 0 Å². The first kappa shape index (κ1) is 17.7. The van der Waals surface area contributed by atoms with E-state index in [-0.39, 0.29) is 30.2 Å². The van der Waals surface area contributed by atoms with Gasteiger partial charge in [-0.05, 0) is 43.0 Å². The van der Waals surface area contributed by atoms with Gasteiger partial charge in [0, 0.05) is 37.7 Å². The summed E-state index contributed by atoms with van der Waals surface area (Å²) in [6.07, 6.45) is 6.23. The summed E-state index contributed by atoms with van der Waals surface area (Å²) in [6, 6.07) is 7.11. The number of nitrogens with zero attached hydrogens (tertiary/aromatic N) is 1. The fourth-order valence-electron chi connectivity index (χ4n) is 2.88. The van der Waals surface area contributed by atoms with Crippen molar-refractivity contribution in [1.29, 1.82) is 0 Å². The maximum atomic E-state index is 12.4. The first-order chi connectivity index (χ1) is 11.5. The van der Waals surface area contributed by atoms with Crippen LogP contribution in [-0.2, 0) is 14.4 Å². The van der Waals surface area contributed by atoms with E-state index in [0.29, 0.717) is 12.2 Å². The number of benzene rings is 1. The first-order valence-corrected chi connectivity index (χ1v) is 8.10. The quantitative estimate of drug-likeness (QED) is 0.808. The van der Waals surface area contributed by atoms with Crippen molar-refractivity contribution in [3.05, 3.63) is 35.9 Å². The Labute approximate surface area is 141 Å². The van der Waals surface area contributed by atoms with E-state index >= 15 is 0 Å². The Kier molecular flexibility index (Phi) is 6.12. The van der Waals surface area contributed by atoms with Gasteiger partial charge in [-0.25, -0.2) is 0 Å². The number of piperidine rings is 1. The maximum absolute atomic E-state index is 12.4. The number of nitrogens with two attached hydrogens (primary N) is 1. The Morgan fingerprint density at radius 1 is 1.25 bits per heavy atom.